The maximum atomic E-state index is 12.8. The zero-order valence-corrected chi connectivity index (χ0v) is 18.6. The number of rotatable bonds is 6. The van der Waals surface area contributed by atoms with Crippen molar-refractivity contribution in [3.05, 3.63) is 41.0 Å². The lowest BCUT2D eigenvalue weighted by Crippen LogP contribution is -2.32. The second kappa shape index (κ2) is 8.76. The number of carbonyl (C=O) groups is 2. The normalized spacial score (nSPS) is 19.6. The molecule has 0 aliphatic carbocycles. The molecule has 1 fully saturated rings. The van der Waals surface area contributed by atoms with Gasteiger partial charge in [-0.05, 0) is 75.1 Å². The summed E-state index contributed by atoms with van der Waals surface area (Å²) in [5, 5.41) is 11.8. The minimum absolute atomic E-state index is 0.0659. The number of fused-ring (bicyclic) bond motifs is 1. The number of benzene rings is 2. The molecule has 2 unspecified atom stereocenters. The van der Waals surface area contributed by atoms with Gasteiger partial charge in [0.05, 0.1) is 17.9 Å². The maximum Gasteiger partial charge on any atom is 0.316 e. The van der Waals surface area contributed by atoms with Crippen molar-refractivity contribution < 1.29 is 24.2 Å². The molecule has 2 aromatic rings. The second-order valence-electron chi connectivity index (χ2n) is 9.09. The van der Waals surface area contributed by atoms with E-state index in [1.807, 2.05) is 46.8 Å². The van der Waals surface area contributed by atoms with Crippen LogP contribution in [-0.4, -0.2) is 29.3 Å². The van der Waals surface area contributed by atoms with E-state index in [1.165, 1.54) is 0 Å². The molecule has 0 amide bonds. The van der Waals surface area contributed by atoms with Gasteiger partial charge in [-0.15, -0.1) is 0 Å². The molecular weight excluding hydrogens is 380 g/mol. The molecule has 5 heteroatoms. The largest absolute Gasteiger partial charge is 0.462 e. The number of hydrogen-bond acceptors (Lipinski definition) is 5. The van der Waals surface area contributed by atoms with Gasteiger partial charge in [0.2, 0.25) is 0 Å². The predicted molar refractivity (Wildman–Crippen MR) is 117 cm³/mol. The number of carbonyl (C=O) groups excluding carboxylic acids is 2. The zero-order valence-electron chi connectivity index (χ0n) is 18.6. The second-order valence-corrected chi connectivity index (χ2v) is 9.09. The van der Waals surface area contributed by atoms with Gasteiger partial charge in [0.1, 0.15) is 11.9 Å². The highest BCUT2D eigenvalue weighted by Gasteiger charge is 2.29. The minimum Gasteiger partial charge on any atom is -0.462 e. The molecule has 5 nitrogen and oxygen atoms in total. The molecule has 0 spiro atoms. The summed E-state index contributed by atoms with van der Waals surface area (Å²) in [5.41, 5.74) is 2.65. The summed E-state index contributed by atoms with van der Waals surface area (Å²) in [6.07, 6.45) is 1.56. The molecule has 1 aliphatic heterocycles. The van der Waals surface area contributed by atoms with E-state index >= 15 is 0 Å². The molecule has 162 valence electrons. The highest BCUT2D eigenvalue weighted by Crippen LogP contribution is 2.35. The Hall–Kier alpha value is -2.40. The fourth-order valence-electron chi connectivity index (χ4n) is 3.88. The maximum absolute atomic E-state index is 12.8. The molecule has 1 saturated heterocycles. The van der Waals surface area contributed by atoms with E-state index in [0.29, 0.717) is 31.4 Å². The molecule has 1 aliphatic rings. The molecule has 0 aromatic heterocycles. The van der Waals surface area contributed by atoms with E-state index < -0.39 is 11.5 Å². The molecule has 2 atom stereocenters. The summed E-state index contributed by atoms with van der Waals surface area (Å²) >= 11 is 0. The van der Waals surface area contributed by atoms with Gasteiger partial charge in [0.25, 0.3) is 0 Å². The van der Waals surface area contributed by atoms with Crippen molar-refractivity contribution in [1.29, 1.82) is 0 Å². The van der Waals surface area contributed by atoms with E-state index in [9.17, 15) is 14.7 Å². The van der Waals surface area contributed by atoms with Gasteiger partial charge >= 0.3 is 11.9 Å². The van der Waals surface area contributed by atoms with Crippen LogP contribution in [0.5, 0.6) is 5.75 Å². The van der Waals surface area contributed by atoms with Crippen LogP contribution >= 0.6 is 0 Å². The van der Waals surface area contributed by atoms with Crippen molar-refractivity contribution in [2.45, 2.75) is 78.9 Å². The number of esters is 2. The number of cyclic esters (lactones) is 1. The Kier molecular flexibility index (Phi) is 6.51. The van der Waals surface area contributed by atoms with Gasteiger partial charge in [0, 0.05) is 11.8 Å². The van der Waals surface area contributed by atoms with Crippen LogP contribution in [-0.2, 0) is 20.7 Å². The van der Waals surface area contributed by atoms with E-state index in [2.05, 4.69) is 12.1 Å². The fourth-order valence-corrected chi connectivity index (χ4v) is 3.88. The first-order valence-corrected chi connectivity index (χ1v) is 10.7. The number of aryl methyl sites for hydroxylation is 3. The molecule has 3 rings (SSSR count). The standard InChI is InChI=1S/C25H32O5/c1-6-25(4,5)24(28)30-21-12-15(2)11-17-8-7-16(3)20(23(17)21)10-9-19-13-18(26)14-22(27)29-19/h7-8,11-12,18-19,26H,6,9-10,13-14H2,1-5H3. The van der Waals surface area contributed by atoms with Crippen molar-refractivity contribution in [1.82, 2.24) is 0 Å². The van der Waals surface area contributed by atoms with E-state index in [4.69, 9.17) is 9.47 Å². The third-order valence-corrected chi connectivity index (χ3v) is 6.16. The molecule has 0 saturated carbocycles. The summed E-state index contributed by atoms with van der Waals surface area (Å²) < 4.78 is 11.3. The van der Waals surface area contributed by atoms with E-state index in [-0.39, 0.29) is 24.5 Å². The summed E-state index contributed by atoms with van der Waals surface area (Å²) in [5.74, 6) is -0.00924. The van der Waals surface area contributed by atoms with Gasteiger partial charge in [-0.3, -0.25) is 9.59 Å². The zero-order chi connectivity index (χ0) is 22.1. The van der Waals surface area contributed by atoms with Crippen LogP contribution in [0, 0.1) is 19.3 Å². The van der Waals surface area contributed by atoms with Gasteiger partial charge in [-0.1, -0.05) is 25.1 Å². The fraction of sp³-hybridized carbons (Fsp3) is 0.520. The van der Waals surface area contributed by atoms with Crippen LogP contribution in [0.4, 0.5) is 0 Å². The molecular formula is C25H32O5. The minimum atomic E-state index is -0.639. The van der Waals surface area contributed by atoms with E-state index in [1.54, 1.807) is 0 Å². The monoisotopic (exact) mass is 412 g/mol. The molecule has 0 bridgehead atoms. The average molecular weight is 413 g/mol. The number of aliphatic hydroxyl groups excluding tert-OH is 1. The van der Waals surface area contributed by atoms with Crippen LogP contribution in [0.1, 0.15) is 63.1 Å². The molecule has 0 radical (unpaired) electrons. The molecule has 2 aromatic carbocycles. The first kappa shape index (κ1) is 22.3. The van der Waals surface area contributed by atoms with Crippen LogP contribution in [0.25, 0.3) is 10.8 Å². The number of ether oxygens (including phenoxy) is 2. The Morgan fingerprint density at radius 2 is 2.00 bits per heavy atom. The average Bonchev–Trinajstić information content (AvgIpc) is 2.66. The van der Waals surface area contributed by atoms with Gasteiger partial charge in [-0.2, -0.15) is 0 Å². The van der Waals surface area contributed by atoms with Crippen LogP contribution in [0.3, 0.4) is 0 Å². The Morgan fingerprint density at radius 1 is 1.27 bits per heavy atom. The van der Waals surface area contributed by atoms with Crippen molar-refractivity contribution in [2.24, 2.45) is 5.41 Å². The number of hydrogen-bond donors (Lipinski definition) is 1. The summed E-state index contributed by atoms with van der Waals surface area (Å²) in [6, 6.07) is 8.12. The quantitative estimate of drug-likeness (QED) is 0.545. The highest BCUT2D eigenvalue weighted by atomic mass is 16.5. The Labute approximate surface area is 178 Å². The molecule has 30 heavy (non-hydrogen) atoms. The lowest BCUT2D eigenvalue weighted by Gasteiger charge is -2.26. The smallest absolute Gasteiger partial charge is 0.316 e. The third kappa shape index (κ3) is 4.84. The first-order valence-electron chi connectivity index (χ1n) is 10.7. The lowest BCUT2D eigenvalue weighted by molar-refractivity contribution is -0.160. The molecule has 1 N–H and O–H groups in total. The summed E-state index contributed by atoms with van der Waals surface area (Å²) in [4.78, 5) is 24.5. The topological polar surface area (TPSA) is 72.8 Å². The first-order chi connectivity index (χ1) is 14.1. The molecule has 1 heterocycles. The Bertz CT molecular complexity index is 960. The van der Waals surface area contributed by atoms with Crippen molar-refractivity contribution in [3.8, 4) is 5.75 Å². The van der Waals surface area contributed by atoms with Gasteiger partial charge in [0.15, 0.2) is 0 Å². The summed E-state index contributed by atoms with van der Waals surface area (Å²) in [7, 11) is 0. The summed E-state index contributed by atoms with van der Waals surface area (Å²) in [6.45, 7) is 9.79. The Morgan fingerprint density at radius 3 is 2.67 bits per heavy atom. The third-order valence-electron chi connectivity index (χ3n) is 6.16. The lowest BCUT2D eigenvalue weighted by atomic mass is 9.90. The van der Waals surface area contributed by atoms with E-state index in [0.717, 1.165) is 27.5 Å². The SMILES string of the molecule is CCC(C)(C)C(=O)Oc1cc(C)cc2ccc(C)c(CCC3CC(O)CC(=O)O3)c12. The van der Waals surface area contributed by atoms with Gasteiger partial charge in [-0.25, -0.2) is 0 Å². The highest BCUT2D eigenvalue weighted by molar-refractivity contribution is 5.95. The number of aliphatic hydroxyl groups is 1. The van der Waals surface area contributed by atoms with Gasteiger partial charge < -0.3 is 14.6 Å². The predicted octanol–water partition coefficient (Wildman–Crippen LogP) is 4.80. The van der Waals surface area contributed by atoms with Crippen molar-refractivity contribution >= 4 is 22.7 Å². The van der Waals surface area contributed by atoms with Crippen LogP contribution in [0.2, 0.25) is 0 Å². The van der Waals surface area contributed by atoms with Crippen molar-refractivity contribution in [2.75, 3.05) is 0 Å². The van der Waals surface area contributed by atoms with Crippen LogP contribution in [0.15, 0.2) is 24.3 Å². The van der Waals surface area contributed by atoms with Crippen LogP contribution < -0.4 is 4.74 Å². The Balaban J connectivity index is 1.96. The van der Waals surface area contributed by atoms with Crippen molar-refractivity contribution in [3.63, 3.8) is 0 Å².